The molecule has 1 amide bonds. The molecule has 0 saturated heterocycles. The summed E-state index contributed by atoms with van der Waals surface area (Å²) < 4.78 is 13.6. The summed E-state index contributed by atoms with van der Waals surface area (Å²) in [6.07, 6.45) is 0. The van der Waals surface area contributed by atoms with E-state index in [-0.39, 0.29) is 24.6 Å². The Balaban J connectivity index is 2.60. The van der Waals surface area contributed by atoms with Gasteiger partial charge in [0.2, 0.25) is 11.7 Å². The van der Waals surface area contributed by atoms with Gasteiger partial charge in [0.25, 0.3) is 0 Å². The number of carbonyl (C=O) groups is 1. The zero-order valence-corrected chi connectivity index (χ0v) is 9.90. The fraction of sp³-hybridized carbons (Fsp3) is 0.364. The van der Waals surface area contributed by atoms with Crippen molar-refractivity contribution >= 4 is 11.6 Å². The van der Waals surface area contributed by atoms with Gasteiger partial charge in [-0.2, -0.15) is 4.39 Å². The zero-order chi connectivity index (χ0) is 13.5. The summed E-state index contributed by atoms with van der Waals surface area (Å²) in [5.74, 6) is -1.07. The van der Waals surface area contributed by atoms with E-state index in [9.17, 15) is 19.3 Å². The smallest absolute Gasteiger partial charge is 0.305 e. The Kier molecular flexibility index (Phi) is 5.19. The van der Waals surface area contributed by atoms with E-state index in [1.54, 1.807) is 6.92 Å². The van der Waals surface area contributed by atoms with Gasteiger partial charge in [-0.3, -0.25) is 14.9 Å². The van der Waals surface area contributed by atoms with Crippen LogP contribution in [0.25, 0.3) is 0 Å². The number of nitro benzene ring substituents is 1. The molecule has 0 saturated carbocycles. The van der Waals surface area contributed by atoms with Crippen molar-refractivity contribution in [2.75, 3.05) is 13.1 Å². The number of amides is 1. The van der Waals surface area contributed by atoms with Crippen molar-refractivity contribution in [2.24, 2.45) is 0 Å². The van der Waals surface area contributed by atoms with E-state index in [1.807, 2.05) is 0 Å². The molecule has 0 atom stereocenters. The summed E-state index contributed by atoms with van der Waals surface area (Å²) >= 11 is 0. The second-order valence-electron chi connectivity index (χ2n) is 3.56. The summed E-state index contributed by atoms with van der Waals surface area (Å²) in [6.45, 7) is 2.41. The SMILES string of the molecule is CCNC(=O)CNCc1cccc([N+](=O)[O-])c1F. The Morgan fingerprint density at radius 1 is 1.50 bits per heavy atom. The fourth-order valence-electron chi connectivity index (χ4n) is 1.41. The Morgan fingerprint density at radius 3 is 2.83 bits per heavy atom. The lowest BCUT2D eigenvalue weighted by Crippen LogP contribution is -2.33. The maximum Gasteiger partial charge on any atom is 0.305 e. The molecule has 0 spiro atoms. The van der Waals surface area contributed by atoms with E-state index in [1.165, 1.54) is 12.1 Å². The Hall–Kier alpha value is -2.02. The molecule has 0 unspecified atom stereocenters. The van der Waals surface area contributed by atoms with Gasteiger partial charge in [-0.25, -0.2) is 0 Å². The Morgan fingerprint density at radius 2 is 2.22 bits per heavy atom. The summed E-state index contributed by atoms with van der Waals surface area (Å²) in [7, 11) is 0. The van der Waals surface area contributed by atoms with Gasteiger partial charge in [-0.05, 0) is 6.92 Å². The van der Waals surface area contributed by atoms with Crippen LogP contribution in [0, 0.1) is 15.9 Å². The number of nitrogens with one attached hydrogen (secondary N) is 2. The minimum absolute atomic E-state index is 0.0377. The maximum absolute atomic E-state index is 13.6. The number of halogens is 1. The normalized spacial score (nSPS) is 10.1. The van der Waals surface area contributed by atoms with Crippen molar-refractivity contribution in [3.63, 3.8) is 0 Å². The van der Waals surface area contributed by atoms with Gasteiger partial charge in [0, 0.05) is 24.7 Å². The number of carbonyl (C=O) groups excluding carboxylic acids is 1. The van der Waals surface area contributed by atoms with Crippen molar-refractivity contribution in [1.29, 1.82) is 0 Å². The highest BCUT2D eigenvalue weighted by Gasteiger charge is 2.16. The highest BCUT2D eigenvalue weighted by atomic mass is 19.1. The van der Waals surface area contributed by atoms with Gasteiger partial charge >= 0.3 is 5.69 Å². The van der Waals surface area contributed by atoms with Crippen LogP contribution in [0.5, 0.6) is 0 Å². The predicted octanol–water partition coefficient (Wildman–Crippen LogP) is 0.960. The molecule has 1 aromatic carbocycles. The number of hydrogen-bond donors (Lipinski definition) is 2. The number of likely N-dealkylation sites (N-methyl/N-ethyl adjacent to an activating group) is 1. The first-order valence-electron chi connectivity index (χ1n) is 5.45. The zero-order valence-electron chi connectivity index (χ0n) is 9.90. The van der Waals surface area contributed by atoms with Gasteiger partial charge in [0.05, 0.1) is 11.5 Å². The molecule has 6 nitrogen and oxygen atoms in total. The van der Waals surface area contributed by atoms with Crippen LogP contribution >= 0.6 is 0 Å². The monoisotopic (exact) mass is 255 g/mol. The molecule has 0 bridgehead atoms. The molecule has 0 aliphatic carbocycles. The molecular weight excluding hydrogens is 241 g/mol. The number of nitrogens with zero attached hydrogens (tertiary/aromatic N) is 1. The Bertz CT molecular complexity index is 451. The van der Waals surface area contributed by atoms with E-state index < -0.39 is 16.4 Å². The van der Waals surface area contributed by atoms with E-state index in [2.05, 4.69) is 10.6 Å². The first-order chi connectivity index (χ1) is 8.56. The maximum atomic E-state index is 13.6. The van der Waals surface area contributed by atoms with E-state index in [0.717, 1.165) is 6.07 Å². The standard InChI is InChI=1S/C11H14FN3O3/c1-2-14-10(16)7-13-6-8-4-3-5-9(11(8)12)15(17)18/h3-5,13H,2,6-7H2,1H3,(H,14,16). The first-order valence-corrected chi connectivity index (χ1v) is 5.45. The summed E-state index contributed by atoms with van der Waals surface area (Å²) in [5.41, 5.74) is -0.402. The number of rotatable bonds is 6. The quantitative estimate of drug-likeness (QED) is 0.585. The minimum atomic E-state index is -0.870. The van der Waals surface area contributed by atoms with Gasteiger partial charge in [-0.1, -0.05) is 12.1 Å². The van der Waals surface area contributed by atoms with Crippen molar-refractivity contribution in [2.45, 2.75) is 13.5 Å². The van der Waals surface area contributed by atoms with Crippen LogP contribution in [-0.2, 0) is 11.3 Å². The van der Waals surface area contributed by atoms with Gasteiger partial charge < -0.3 is 10.6 Å². The van der Waals surface area contributed by atoms with Gasteiger partial charge in [0.1, 0.15) is 0 Å². The molecule has 1 aromatic rings. The van der Waals surface area contributed by atoms with Crippen LogP contribution in [-0.4, -0.2) is 23.9 Å². The average molecular weight is 255 g/mol. The van der Waals surface area contributed by atoms with Crippen molar-refractivity contribution < 1.29 is 14.1 Å². The van der Waals surface area contributed by atoms with Gasteiger partial charge in [0.15, 0.2) is 0 Å². The minimum Gasteiger partial charge on any atom is -0.355 e. The molecule has 98 valence electrons. The first kappa shape index (κ1) is 14.0. The lowest BCUT2D eigenvalue weighted by molar-refractivity contribution is -0.387. The molecule has 0 aliphatic heterocycles. The molecule has 2 N–H and O–H groups in total. The van der Waals surface area contributed by atoms with Gasteiger partial charge in [-0.15, -0.1) is 0 Å². The number of hydrogen-bond acceptors (Lipinski definition) is 4. The number of nitro groups is 1. The van der Waals surface area contributed by atoms with Crippen LogP contribution in [0.2, 0.25) is 0 Å². The second kappa shape index (κ2) is 6.65. The third-order valence-electron chi connectivity index (χ3n) is 2.23. The highest BCUT2D eigenvalue weighted by molar-refractivity contribution is 5.77. The second-order valence-corrected chi connectivity index (χ2v) is 3.56. The summed E-state index contributed by atoms with van der Waals surface area (Å²) in [5, 5.41) is 15.8. The molecule has 0 heterocycles. The van der Waals surface area contributed by atoms with Crippen LogP contribution in [0.3, 0.4) is 0 Å². The molecule has 0 radical (unpaired) electrons. The third-order valence-corrected chi connectivity index (χ3v) is 2.23. The lowest BCUT2D eigenvalue weighted by atomic mass is 10.2. The third kappa shape index (κ3) is 3.77. The molecule has 18 heavy (non-hydrogen) atoms. The average Bonchev–Trinajstić information content (AvgIpc) is 2.31. The summed E-state index contributed by atoms with van der Waals surface area (Å²) in [4.78, 5) is 20.9. The van der Waals surface area contributed by atoms with Crippen LogP contribution in [0.15, 0.2) is 18.2 Å². The lowest BCUT2D eigenvalue weighted by Gasteiger charge is -2.06. The molecule has 0 fully saturated rings. The molecule has 1 rings (SSSR count). The number of benzene rings is 1. The fourth-order valence-corrected chi connectivity index (χ4v) is 1.41. The molecule has 0 aliphatic rings. The van der Waals surface area contributed by atoms with Crippen molar-refractivity contribution in [3.8, 4) is 0 Å². The van der Waals surface area contributed by atoms with Crippen molar-refractivity contribution in [3.05, 3.63) is 39.7 Å². The predicted molar refractivity (Wildman–Crippen MR) is 63.4 cm³/mol. The highest BCUT2D eigenvalue weighted by Crippen LogP contribution is 2.19. The molecule has 0 aromatic heterocycles. The van der Waals surface area contributed by atoms with Crippen molar-refractivity contribution in [1.82, 2.24) is 10.6 Å². The van der Waals surface area contributed by atoms with Crippen LogP contribution in [0.4, 0.5) is 10.1 Å². The summed E-state index contributed by atoms with van der Waals surface area (Å²) in [6, 6.07) is 3.94. The largest absolute Gasteiger partial charge is 0.355 e. The molecule has 7 heteroatoms. The molecular formula is C11H14FN3O3. The van der Waals surface area contributed by atoms with Crippen LogP contribution < -0.4 is 10.6 Å². The van der Waals surface area contributed by atoms with E-state index in [0.29, 0.717) is 6.54 Å². The van der Waals surface area contributed by atoms with E-state index in [4.69, 9.17) is 0 Å². The van der Waals surface area contributed by atoms with E-state index >= 15 is 0 Å². The Labute approximate surface area is 103 Å². The topological polar surface area (TPSA) is 84.3 Å². The van der Waals surface area contributed by atoms with Crippen LogP contribution in [0.1, 0.15) is 12.5 Å².